The zero-order valence-corrected chi connectivity index (χ0v) is 20.7. The molecule has 1 atom stereocenters. The van der Waals surface area contributed by atoms with E-state index >= 15 is 0 Å². The zero-order chi connectivity index (χ0) is 23.7. The van der Waals surface area contributed by atoms with Crippen molar-refractivity contribution in [1.82, 2.24) is 4.90 Å². The second kappa shape index (κ2) is 12.0. The Hall–Kier alpha value is -2.44. The first-order valence-corrected chi connectivity index (χ1v) is 11.2. The SMILES string of the molecule is COc1ccc(CCN(C)CCCC(N)(c2ccc(OC)c(OC)c2)C(C)C)cc1OC. The second-order valence-electron chi connectivity index (χ2n) is 8.61. The molecule has 2 aromatic carbocycles. The molecule has 0 bridgehead atoms. The standard InChI is InChI=1S/C26H40N2O4/c1-19(2)26(27,21-10-12-23(30-5)25(18-21)32-7)14-8-15-28(3)16-13-20-9-11-22(29-4)24(17-20)31-6/h9-12,17-19H,8,13-16,27H2,1-7H3. The van der Waals surface area contributed by atoms with E-state index in [2.05, 4.69) is 37.9 Å². The Morgan fingerprint density at radius 2 is 1.38 bits per heavy atom. The van der Waals surface area contributed by atoms with Gasteiger partial charge in [-0.25, -0.2) is 0 Å². The van der Waals surface area contributed by atoms with Crippen molar-refractivity contribution in [3.63, 3.8) is 0 Å². The Balaban J connectivity index is 1.96. The Kier molecular flexibility index (Phi) is 9.66. The fourth-order valence-electron chi connectivity index (χ4n) is 4.00. The Morgan fingerprint density at radius 1 is 0.812 bits per heavy atom. The molecule has 0 saturated heterocycles. The Bertz CT molecular complexity index is 856. The van der Waals surface area contributed by atoms with Crippen LogP contribution in [-0.4, -0.2) is 53.5 Å². The Labute approximate surface area is 193 Å². The number of hydrogen-bond acceptors (Lipinski definition) is 6. The predicted molar refractivity (Wildman–Crippen MR) is 130 cm³/mol. The van der Waals surface area contributed by atoms with E-state index in [1.807, 2.05) is 24.3 Å². The van der Waals surface area contributed by atoms with Crippen LogP contribution in [0.25, 0.3) is 0 Å². The average molecular weight is 445 g/mol. The van der Waals surface area contributed by atoms with Gasteiger partial charge in [0, 0.05) is 12.1 Å². The van der Waals surface area contributed by atoms with Crippen LogP contribution >= 0.6 is 0 Å². The van der Waals surface area contributed by atoms with Crippen LogP contribution in [0.3, 0.4) is 0 Å². The fourth-order valence-corrected chi connectivity index (χ4v) is 4.00. The minimum atomic E-state index is -0.427. The number of hydrogen-bond donors (Lipinski definition) is 1. The third kappa shape index (κ3) is 6.30. The maximum Gasteiger partial charge on any atom is 0.161 e. The van der Waals surface area contributed by atoms with Gasteiger partial charge in [-0.15, -0.1) is 0 Å². The summed E-state index contributed by atoms with van der Waals surface area (Å²) in [7, 11) is 8.78. The van der Waals surface area contributed by atoms with Crippen molar-refractivity contribution < 1.29 is 18.9 Å². The van der Waals surface area contributed by atoms with Crippen LogP contribution < -0.4 is 24.7 Å². The van der Waals surface area contributed by atoms with E-state index in [1.54, 1.807) is 28.4 Å². The molecule has 0 radical (unpaired) electrons. The van der Waals surface area contributed by atoms with E-state index in [9.17, 15) is 0 Å². The molecule has 2 aromatic rings. The predicted octanol–water partition coefficient (Wildman–Crippen LogP) is 4.49. The van der Waals surface area contributed by atoms with Gasteiger partial charge in [-0.1, -0.05) is 26.0 Å². The second-order valence-corrected chi connectivity index (χ2v) is 8.61. The summed E-state index contributed by atoms with van der Waals surface area (Å²) in [6, 6.07) is 12.1. The summed E-state index contributed by atoms with van der Waals surface area (Å²) in [5, 5.41) is 0. The molecule has 2 rings (SSSR count). The first kappa shape index (κ1) is 25.8. The smallest absolute Gasteiger partial charge is 0.161 e. The number of methoxy groups -OCH3 is 4. The van der Waals surface area contributed by atoms with Crippen LogP contribution in [0.4, 0.5) is 0 Å². The van der Waals surface area contributed by atoms with Gasteiger partial charge < -0.3 is 29.6 Å². The molecule has 0 aromatic heterocycles. The first-order chi connectivity index (χ1) is 15.3. The topological polar surface area (TPSA) is 66.2 Å². The molecule has 1 unspecified atom stereocenters. The maximum atomic E-state index is 6.95. The van der Waals surface area contributed by atoms with Gasteiger partial charge >= 0.3 is 0 Å². The summed E-state index contributed by atoms with van der Waals surface area (Å²) in [6.45, 7) is 6.30. The molecule has 0 fully saturated rings. The van der Waals surface area contributed by atoms with E-state index in [4.69, 9.17) is 24.7 Å². The molecule has 0 aliphatic rings. The molecule has 0 aliphatic heterocycles. The molecule has 178 valence electrons. The molecule has 6 nitrogen and oxygen atoms in total. The van der Waals surface area contributed by atoms with E-state index in [0.29, 0.717) is 5.75 Å². The van der Waals surface area contributed by atoms with E-state index in [1.165, 1.54) is 5.56 Å². The number of nitrogens with two attached hydrogens (primary N) is 1. The van der Waals surface area contributed by atoms with Crippen LogP contribution in [-0.2, 0) is 12.0 Å². The lowest BCUT2D eigenvalue weighted by molar-refractivity contribution is 0.255. The van der Waals surface area contributed by atoms with Gasteiger partial charge in [0.25, 0.3) is 0 Å². The molecule has 32 heavy (non-hydrogen) atoms. The summed E-state index contributed by atoms with van der Waals surface area (Å²) in [5.74, 6) is 3.25. The van der Waals surface area contributed by atoms with E-state index in [0.717, 1.165) is 55.2 Å². The molecular formula is C26H40N2O4. The lowest BCUT2D eigenvalue weighted by Gasteiger charge is -2.35. The third-order valence-corrected chi connectivity index (χ3v) is 6.31. The van der Waals surface area contributed by atoms with Gasteiger partial charge in [0.15, 0.2) is 23.0 Å². The van der Waals surface area contributed by atoms with Gasteiger partial charge in [0.05, 0.1) is 28.4 Å². The van der Waals surface area contributed by atoms with Crippen molar-refractivity contribution in [3.05, 3.63) is 47.5 Å². The molecular weight excluding hydrogens is 404 g/mol. The first-order valence-electron chi connectivity index (χ1n) is 11.2. The average Bonchev–Trinajstić information content (AvgIpc) is 2.81. The van der Waals surface area contributed by atoms with Gasteiger partial charge in [-0.3, -0.25) is 0 Å². The lowest BCUT2D eigenvalue weighted by atomic mass is 9.77. The largest absolute Gasteiger partial charge is 0.493 e. The summed E-state index contributed by atoms with van der Waals surface area (Å²) < 4.78 is 21.6. The van der Waals surface area contributed by atoms with Gasteiger partial charge in [-0.05, 0) is 74.2 Å². The number of likely N-dealkylation sites (N-methyl/N-ethyl adjacent to an activating group) is 1. The molecule has 0 spiro atoms. The number of ether oxygens (including phenoxy) is 4. The highest BCUT2D eigenvalue weighted by Crippen LogP contribution is 2.37. The molecule has 6 heteroatoms. The highest BCUT2D eigenvalue weighted by Gasteiger charge is 2.31. The summed E-state index contributed by atoms with van der Waals surface area (Å²) in [5.41, 5.74) is 8.83. The van der Waals surface area contributed by atoms with Crippen LogP contribution in [0.5, 0.6) is 23.0 Å². The number of nitrogens with zero attached hydrogens (tertiary/aromatic N) is 1. The summed E-state index contributed by atoms with van der Waals surface area (Å²) in [6.07, 6.45) is 2.84. The van der Waals surface area contributed by atoms with E-state index < -0.39 is 5.54 Å². The number of benzene rings is 2. The van der Waals surface area contributed by atoms with Crippen molar-refractivity contribution in [3.8, 4) is 23.0 Å². The van der Waals surface area contributed by atoms with Crippen molar-refractivity contribution in [2.75, 3.05) is 48.6 Å². The van der Waals surface area contributed by atoms with E-state index in [-0.39, 0.29) is 5.92 Å². The minimum absolute atomic E-state index is 0.290. The maximum absolute atomic E-state index is 6.95. The Morgan fingerprint density at radius 3 is 1.94 bits per heavy atom. The highest BCUT2D eigenvalue weighted by molar-refractivity contribution is 5.45. The summed E-state index contributed by atoms with van der Waals surface area (Å²) >= 11 is 0. The lowest BCUT2D eigenvalue weighted by Crippen LogP contribution is -2.42. The van der Waals surface area contributed by atoms with Crippen LogP contribution in [0.15, 0.2) is 36.4 Å². The monoisotopic (exact) mass is 444 g/mol. The van der Waals surface area contributed by atoms with Gasteiger partial charge in [-0.2, -0.15) is 0 Å². The van der Waals surface area contributed by atoms with Crippen molar-refractivity contribution >= 4 is 0 Å². The van der Waals surface area contributed by atoms with Crippen LogP contribution in [0, 0.1) is 5.92 Å². The van der Waals surface area contributed by atoms with Crippen molar-refractivity contribution in [2.24, 2.45) is 11.7 Å². The third-order valence-electron chi connectivity index (χ3n) is 6.31. The molecule has 0 aliphatic carbocycles. The zero-order valence-electron chi connectivity index (χ0n) is 20.7. The molecule has 0 saturated carbocycles. The van der Waals surface area contributed by atoms with Gasteiger partial charge in [0.1, 0.15) is 0 Å². The van der Waals surface area contributed by atoms with Crippen molar-refractivity contribution in [2.45, 2.75) is 38.6 Å². The minimum Gasteiger partial charge on any atom is -0.493 e. The highest BCUT2D eigenvalue weighted by atomic mass is 16.5. The molecule has 2 N–H and O–H groups in total. The molecule has 0 amide bonds. The van der Waals surface area contributed by atoms with Gasteiger partial charge in [0.2, 0.25) is 0 Å². The van der Waals surface area contributed by atoms with Crippen LogP contribution in [0.2, 0.25) is 0 Å². The normalized spacial score (nSPS) is 13.2. The molecule has 0 heterocycles. The van der Waals surface area contributed by atoms with Crippen LogP contribution in [0.1, 0.15) is 37.8 Å². The quantitative estimate of drug-likeness (QED) is 0.491. The fraction of sp³-hybridized carbons (Fsp3) is 0.538. The number of rotatable bonds is 13. The summed E-state index contributed by atoms with van der Waals surface area (Å²) in [4.78, 5) is 2.35. The van der Waals surface area contributed by atoms with Crippen molar-refractivity contribution in [1.29, 1.82) is 0 Å².